The molecule has 2 aromatic carbocycles. The van der Waals surface area contributed by atoms with Gasteiger partial charge in [-0.3, -0.25) is 0 Å². The summed E-state index contributed by atoms with van der Waals surface area (Å²) in [7, 11) is 0. The van der Waals surface area contributed by atoms with Crippen LogP contribution in [0.3, 0.4) is 0 Å². The molecule has 0 saturated carbocycles. The maximum absolute atomic E-state index is 13.0. The van der Waals surface area contributed by atoms with E-state index in [0.29, 0.717) is 5.56 Å². The fourth-order valence-corrected chi connectivity index (χ4v) is 1.81. The van der Waals surface area contributed by atoms with Crippen molar-refractivity contribution in [3.63, 3.8) is 0 Å². The quantitative estimate of drug-likeness (QED) is 0.493. The van der Waals surface area contributed by atoms with Crippen molar-refractivity contribution in [1.82, 2.24) is 0 Å². The molecule has 2 aromatic rings. The van der Waals surface area contributed by atoms with Crippen molar-refractivity contribution in [3.8, 4) is 11.1 Å². The summed E-state index contributed by atoms with van der Waals surface area (Å²) in [5.74, 6) is 0. The average Bonchev–Trinajstić information content (AvgIpc) is 2.39. The van der Waals surface area contributed by atoms with Gasteiger partial charge in [0.05, 0.1) is 11.8 Å². The Kier molecular flexibility index (Phi) is 3.55. The predicted octanol–water partition coefficient (Wildman–Crippen LogP) is 4.18. The van der Waals surface area contributed by atoms with Gasteiger partial charge in [-0.25, -0.2) is 0 Å². The highest BCUT2D eigenvalue weighted by molar-refractivity contribution is 5.82. The van der Waals surface area contributed by atoms with Crippen LogP contribution in [-0.2, 0) is 6.18 Å². The van der Waals surface area contributed by atoms with Crippen molar-refractivity contribution in [2.24, 2.45) is 5.16 Å². The van der Waals surface area contributed by atoms with Crippen LogP contribution < -0.4 is 0 Å². The van der Waals surface area contributed by atoms with Crippen molar-refractivity contribution in [1.29, 1.82) is 0 Å². The summed E-state index contributed by atoms with van der Waals surface area (Å²) in [5, 5.41) is 11.1. The molecule has 0 radical (unpaired) electrons. The third-order valence-corrected chi connectivity index (χ3v) is 2.64. The van der Waals surface area contributed by atoms with Gasteiger partial charge >= 0.3 is 6.18 Å². The van der Waals surface area contributed by atoms with Crippen LogP contribution in [0.1, 0.15) is 11.1 Å². The Morgan fingerprint density at radius 2 is 1.68 bits per heavy atom. The van der Waals surface area contributed by atoms with Gasteiger partial charge in [0.2, 0.25) is 0 Å². The number of rotatable bonds is 2. The van der Waals surface area contributed by atoms with E-state index in [1.165, 1.54) is 12.1 Å². The summed E-state index contributed by atoms with van der Waals surface area (Å²) in [6, 6.07) is 12.1. The lowest BCUT2D eigenvalue weighted by Crippen LogP contribution is -2.08. The standard InChI is InChI=1S/C14H10F3NO/c15-14(16,17)13-8-10(9-18-19)6-7-12(13)11-4-2-1-3-5-11/h1-9,19H. The maximum Gasteiger partial charge on any atom is 0.417 e. The van der Waals surface area contributed by atoms with Gasteiger partial charge in [0, 0.05) is 0 Å². The topological polar surface area (TPSA) is 32.6 Å². The average molecular weight is 265 g/mol. The molecule has 0 amide bonds. The molecule has 0 aromatic heterocycles. The van der Waals surface area contributed by atoms with E-state index >= 15 is 0 Å². The van der Waals surface area contributed by atoms with Crippen LogP contribution in [0.25, 0.3) is 11.1 Å². The van der Waals surface area contributed by atoms with Crippen LogP contribution in [0.15, 0.2) is 53.7 Å². The van der Waals surface area contributed by atoms with Crippen molar-refractivity contribution >= 4 is 6.21 Å². The van der Waals surface area contributed by atoms with Crippen LogP contribution in [0, 0.1) is 0 Å². The van der Waals surface area contributed by atoms with E-state index in [-0.39, 0.29) is 11.1 Å². The first kappa shape index (κ1) is 13.1. The minimum atomic E-state index is -4.47. The third-order valence-electron chi connectivity index (χ3n) is 2.64. The first-order valence-electron chi connectivity index (χ1n) is 5.46. The van der Waals surface area contributed by atoms with Gasteiger partial charge in [-0.1, -0.05) is 47.6 Å². The van der Waals surface area contributed by atoms with Gasteiger partial charge in [-0.15, -0.1) is 0 Å². The number of oxime groups is 1. The minimum Gasteiger partial charge on any atom is -0.411 e. The summed E-state index contributed by atoms with van der Waals surface area (Å²) >= 11 is 0. The van der Waals surface area contributed by atoms with Gasteiger partial charge in [-0.2, -0.15) is 13.2 Å². The maximum atomic E-state index is 13.0. The molecule has 98 valence electrons. The van der Waals surface area contributed by atoms with Gasteiger partial charge in [0.25, 0.3) is 0 Å². The van der Waals surface area contributed by atoms with Gasteiger partial charge < -0.3 is 5.21 Å². The summed E-state index contributed by atoms with van der Waals surface area (Å²) in [4.78, 5) is 0. The normalized spacial score (nSPS) is 11.9. The molecule has 2 nitrogen and oxygen atoms in total. The Labute approximate surface area is 107 Å². The monoisotopic (exact) mass is 265 g/mol. The van der Waals surface area contributed by atoms with Gasteiger partial charge in [-0.05, 0) is 22.8 Å². The molecule has 0 aliphatic carbocycles. The molecular formula is C14H10F3NO. The van der Waals surface area contributed by atoms with E-state index in [4.69, 9.17) is 5.21 Å². The number of nitrogens with zero attached hydrogens (tertiary/aromatic N) is 1. The van der Waals surface area contributed by atoms with E-state index in [0.717, 1.165) is 12.3 Å². The Hall–Kier alpha value is -2.30. The van der Waals surface area contributed by atoms with E-state index in [9.17, 15) is 13.2 Å². The van der Waals surface area contributed by atoms with Crippen molar-refractivity contribution in [2.75, 3.05) is 0 Å². The Bertz CT molecular complexity index is 591. The smallest absolute Gasteiger partial charge is 0.411 e. The lowest BCUT2D eigenvalue weighted by atomic mass is 9.97. The second-order valence-electron chi connectivity index (χ2n) is 3.91. The predicted molar refractivity (Wildman–Crippen MR) is 66.3 cm³/mol. The van der Waals surface area contributed by atoms with Gasteiger partial charge in [0.15, 0.2) is 0 Å². The Balaban J connectivity index is 2.61. The Morgan fingerprint density at radius 3 is 2.26 bits per heavy atom. The summed E-state index contributed by atoms with van der Waals surface area (Å²) < 4.78 is 39.1. The number of benzene rings is 2. The highest BCUT2D eigenvalue weighted by Crippen LogP contribution is 2.37. The first-order chi connectivity index (χ1) is 9.02. The largest absolute Gasteiger partial charge is 0.417 e. The number of halogens is 3. The summed E-state index contributed by atoms with van der Waals surface area (Å²) in [6.07, 6.45) is -3.51. The zero-order valence-corrected chi connectivity index (χ0v) is 9.72. The lowest BCUT2D eigenvalue weighted by Gasteiger charge is -2.13. The minimum absolute atomic E-state index is 0.100. The zero-order valence-electron chi connectivity index (χ0n) is 9.72. The summed E-state index contributed by atoms with van der Waals surface area (Å²) in [6.45, 7) is 0. The molecule has 0 spiro atoms. The molecule has 0 heterocycles. The SMILES string of the molecule is ON=Cc1ccc(-c2ccccc2)c(C(F)(F)F)c1. The highest BCUT2D eigenvalue weighted by atomic mass is 19.4. The molecule has 0 aliphatic rings. The molecule has 5 heteroatoms. The van der Waals surface area contributed by atoms with Crippen LogP contribution in [0.4, 0.5) is 13.2 Å². The first-order valence-corrected chi connectivity index (χ1v) is 5.46. The highest BCUT2D eigenvalue weighted by Gasteiger charge is 2.33. The molecule has 0 bridgehead atoms. The second-order valence-corrected chi connectivity index (χ2v) is 3.91. The molecule has 1 N–H and O–H groups in total. The van der Waals surface area contributed by atoms with E-state index in [1.54, 1.807) is 30.3 Å². The fraction of sp³-hybridized carbons (Fsp3) is 0.0714. The van der Waals surface area contributed by atoms with E-state index in [1.807, 2.05) is 0 Å². The van der Waals surface area contributed by atoms with Crippen LogP contribution in [0.2, 0.25) is 0 Å². The lowest BCUT2D eigenvalue weighted by molar-refractivity contribution is -0.137. The Morgan fingerprint density at radius 1 is 1.00 bits per heavy atom. The molecule has 0 atom stereocenters. The number of hydrogen-bond donors (Lipinski definition) is 1. The molecule has 19 heavy (non-hydrogen) atoms. The molecule has 2 rings (SSSR count). The van der Waals surface area contributed by atoms with Crippen LogP contribution in [-0.4, -0.2) is 11.4 Å². The third kappa shape index (κ3) is 2.93. The van der Waals surface area contributed by atoms with Crippen LogP contribution >= 0.6 is 0 Å². The fourth-order valence-electron chi connectivity index (χ4n) is 1.81. The zero-order chi connectivity index (χ0) is 13.9. The van der Waals surface area contributed by atoms with Crippen molar-refractivity contribution in [3.05, 3.63) is 59.7 Å². The van der Waals surface area contributed by atoms with E-state index < -0.39 is 11.7 Å². The summed E-state index contributed by atoms with van der Waals surface area (Å²) in [5.41, 5.74) is 0.0242. The molecule has 0 fully saturated rings. The van der Waals surface area contributed by atoms with Gasteiger partial charge in [0.1, 0.15) is 0 Å². The number of alkyl halides is 3. The molecule has 0 unspecified atom stereocenters. The van der Waals surface area contributed by atoms with Crippen molar-refractivity contribution in [2.45, 2.75) is 6.18 Å². The van der Waals surface area contributed by atoms with Crippen molar-refractivity contribution < 1.29 is 18.4 Å². The molecule has 0 saturated heterocycles. The molecule has 0 aliphatic heterocycles. The number of hydrogen-bond acceptors (Lipinski definition) is 2. The molecular weight excluding hydrogens is 255 g/mol. The van der Waals surface area contributed by atoms with E-state index in [2.05, 4.69) is 5.16 Å². The van der Waals surface area contributed by atoms with Crippen LogP contribution in [0.5, 0.6) is 0 Å². The second kappa shape index (κ2) is 5.14.